The molecule has 48 heavy (non-hydrogen) atoms. The van der Waals surface area contributed by atoms with Gasteiger partial charge in [-0.15, -0.1) is 0 Å². The monoisotopic (exact) mass is 651 g/mol. The maximum absolute atomic E-state index is 12.8. The van der Waals surface area contributed by atoms with E-state index in [9.17, 15) is 14.4 Å². The van der Waals surface area contributed by atoms with Crippen LogP contribution in [0.1, 0.15) is 43.1 Å². The molecule has 11 heteroatoms. The molecule has 0 atom stereocenters. The fourth-order valence-electron chi connectivity index (χ4n) is 4.16. The van der Waals surface area contributed by atoms with Crippen LogP contribution in [-0.4, -0.2) is 64.3 Å². The van der Waals surface area contributed by atoms with Crippen molar-refractivity contribution in [3.05, 3.63) is 101 Å². The first-order valence-corrected chi connectivity index (χ1v) is 15.2. The highest BCUT2D eigenvalue weighted by Crippen LogP contribution is 2.27. The number of carbonyl (C=O) groups excluding carboxylic acids is 3. The number of anilines is 4. The van der Waals surface area contributed by atoms with Crippen LogP contribution in [0, 0.1) is 18.8 Å². The third-order valence-electron chi connectivity index (χ3n) is 6.89. The van der Waals surface area contributed by atoms with Crippen molar-refractivity contribution >= 4 is 47.3 Å². The number of aryl methyl sites for hydroxylation is 1. The van der Waals surface area contributed by atoms with E-state index in [0.717, 1.165) is 35.3 Å². The Morgan fingerprint density at radius 2 is 1.71 bits per heavy atom. The van der Waals surface area contributed by atoms with Gasteiger partial charge in [0.1, 0.15) is 18.1 Å². The number of nitrogens with zero attached hydrogens (tertiary/aromatic N) is 5. The summed E-state index contributed by atoms with van der Waals surface area (Å²) in [6.07, 6.45) is 5.50. The van der Waals surface area contributed by atoms with Crippen LogP contribution in [0.15, 0.2) is 95.0 Å². The Kier molecular flexibility index (Phi) is 15.8. The van der Waals surface area contributed by atoms with Gasteiger partial charge in [0, 0.05) is 63.3 Å². The average Bonchev–Trinajstić information content (AvgIpc) is 3.07. The quantitative estimate of drug-likeness (QED) is 0.119. The molecule has 0 aliphatic carbocycles. The minimum absolute atomic E-state index is 0.265. The Morgan fingerprint density at radius 1 is 1.02 bits per heavy atom. The van der Waals surface area contributed by atoms with Gasteiger partial charge in [-0.1, -0.05) is 24.5 Å². The largest absolute Gasteiger partial charge is 0.400 e. The first-order valence-electron chi connectivity index (χ1n) is 15.2. The summed E-state index contributed by atoms with van der Waals surface area (Å²) < 4.78 is 4.51. The molecule has 2 aromatic carbocycles. The van der Waals surface area contributed by atoms with Crippen molar-refractivity contribution in [3.63, 3.8) is 0 Å². The number of amidine groups is 1. The Balaban J connectivity index is 0.00000103. The lowest BCUT2D eigenvalue weighted by atomic mass is 10.1. The Morgan fingerprint density at radius 3 is 2.27 bits per heavy atom. The molecule has 2 amide bonds. The number of aliphatic imine (C=N–C) groups is 1. The molecule has 0 fully saturated rings. The van der Waals surface area contributed by atoms with E-state index in [2.05, 4.69) is 26.9 Å². The second-order valence-electron chi connectivity index (χ2n) is 10.9. The zero-order valence-electron chi connectivity index (χ0n) is 28.9. The Labute approximate surface area is 283 Å². The van der Waals surface area contributed by atoms with Crippen LogP contribution in [-0.2, 0) is 14.3 Å². The number of ether oxygens (including phenoxy) is 1. The van der Waals surface area contributed by atoms with Crippen LogP contribution < -0.4 is 25.8 Å². The summed E-state index contributed by atoms with van der Waals surface area (Å²) in [5.41, 5.74) is 12.3. The number of benzene rings is 2. The van der Waals surface area contributed by atoms with Crippen molar-refractivity contribution in [3.8, 4) is 11.8 Å². The summed E-state index contributed by atoms with van der Waals surface area (Å²) in [6, 6.07) is 18.4. The summed E-state index contributed by atoms with van der Waals surface area (Å²) in [7, 11) is 7.26. The highest BCUT2D eigenvalue weighted by Gasteiger charge is 2.24. The van der Waals surface area contributed by atoms with E-state index >= 15 is 0 Å². The molecule has 0 spiro atoms. The van der Waals surface area contributed by atoms with Crippen LogP contribution in [0.25, 0.3) is 0 Å². The predicted molar refractivity (Wildman–Crippen MR) is 195 cm³/mol. The number of methoxy groups -OCH3 is 1. The first kappa shape index (κ1) is 38.5. The fourth-order valence-corrected chi connectivity index (χ4v) is 4.16. The molecule has 0 saturated carbocycles. The second-order valence-corrected chi connectivity index (χ2v) is 10.9. The highest BCUT2D eigenvalue weighted by molar-refractivity contribution is 6.20. The maximum atomic E-state index is 12.8. The number of hydrogen-bond acceptors (Lipinski definition) is 9. The number of rotatable bonds is 11. The molecule has 0 bridgehead atoms. The zero-order chi connectivity index (χ0) is 35.6. The first-order chi connectivity index (χ1) is 23.0. The summed E-state index contributed by atoms with van der Waals surface area (Å²) in [4.78, 5) is 49.2. The number of allylic oxidation sites excluding steroid dienone is 2. The van der Waals surface area contributed by atoms with E-state index in [-0.39, 0.29) is 5.91 Å². The van der Waals surface area contributed by atoms with Gasteiger partial charge >= 0.3 is 0 Å². The average molecular weight is 652 g/mol. The van der Waals surface area contributed by atoms with Crippen LogP contribution in [0.4, 0.5) is 22.9 Å². The molecule has 0 unspecified atom stereocenters. The molecule has 252 valence electrons. The number of carbonyl (C=O) groups is 3. The van der Waals surface area contributed by atoms with E-state index in [4.69, 9.17) is 10.7 Å². The van der Waals surface area contributed by atoms with Gasteiger partial charge < -0.3 is 25.6 Å². The van der Waals surface area contributed by atoms with Crippen LogP contribution >= 0.6 is 0 Å². The smallest absolute Gasteiger partial charge is 0.256 e. The zero-order valence-corrected chi connectivity index (χ0v) is 28.9. The molecule has 11 nitrogen and oxygen atoms in total. The van der Waals surface area contributed by atoms with Gasteiger partial charge in [-0.25, -0.2) is 9.98 Å². The molecule has 3 aromatic rings. The van der Waals surface area contributed by atoms with Gasteiger partial charge in [-0.05, 0) is 93.3 Å². The number of nitrogens with one attached hydrogen (secondary N) is 1. The lowest BCUT2D eigenvalue weighted by Crippen LogP contribution is -2.38. The summed E-state index contributed by atoms with van der Waals surface area (Å²) >= 11 is 0. The van der Waals surface area contributed by atoms with Crippen molar-refractivity contribution in [2.45, 2.75) is 34.1 Å². The standard InChI is InChI=1S/C32H39N7O2.C5H6O2/c1-8-22(2)20-35-31(39(21-40)28-11-9-10-27(19-28)37(5)6)30(24(4)33)38(7)26-14-12-25(13-15-26)32(41)36-29-18-23(3)16-17-34-29;1-7-5-3-2-4-6/h9-21H,8,33H2,1-7H3,(H,34,36,41);4H,5H2,1H3/b22-20+,30-24-,35-31-;. The summed E-state index contributed by atoms with van der Waals surface area (Å²) in [6.45, 7) is 8.07. The summed E-state index contributed by atoms with van der Waals surface area (Å²) in [5.74, 6) is 5.24. The fraction of sp³-hybridized carbons (Fsp3) is 0.270. The van der Waals surface area contributed by atoms with Gasteiger partial charge in [0.2, 0.25) is 6.41 Å². The molecule has 1 heterocycles. The highest BCUT2D eigenvalue weighted by atomic mass is 16.5. The van der Waals surface area contributed by atoms with Crippen molar-refractivity contribution < 1.29 is 19.1 Å². The van der Waals surface area contributed by atoms with Gasteiger partial charge in [0.05, 0.1) is 5.69 Å². The lowest BCUT2D eigenvalue weighted by molar-refractivity contribution is -0.106. The normalized spacial score (nSPS) is 11.5. The summed E-state index contributed by atoms with van der Waals surface area (Å²) in [5, 5.41) is 2.83. The molecule has 3 rings (SSSR count). The third kappa shape index (κ3) is 11.6. The van der Waals surface area contributed by atoms with E-state index < -0.39 is 0 Å². The van der Waals surface area contributed by atoms with Crippen molar-refractivity contribution in [1.29, 1.82) is 0 Å². The SMILES string of the molecule is CC/C(C)=C/N=C(/C(=C(\C)N)N(C)c1ccc(C(=O)Nc2cc(C)ccn2)cc1)N(C=O)c1cccc(N(C)C)c1.COCC#CC=O. The van der Waals surface area contributed by atoms with Gasteiger partial charge in [0.25, 0.3) is 5.91 Å². The number of pyridine rings is 1. The number of likely N-dealkylation sites (N-methyl/N-ethyl adjacent to an activating group) is 1. The molecule has 3 N–H and O–H groups in total. The molecule has 0 saturated heterocycles. The number of aldehydes is 1. The number of amides is 2. The number of aromatic nitrogens is 1. The van der Waals surface area contributed by atoms with E-state index in [1.165, 1.54) is 12.0 Å². The van der Waals surface area contributed by atoms with E-state index in [0.29, 0.717) is 47.2 Å². The Hall–Kier alpha value is -5.73. The number of nitrogens with two attached hydrogens (primary N) is 1. The van der Waals surface area contributed by atoms with E-state index in [1.54, 1.807) is 31.5 Å². The van der Waals surface area contributed by atoms with Crippen molar-refractivity contribution in [1.82, 2.24) is 4.98 Å². The Bertz CT molecular complexity index is 1700. The van der Waals surface area contributed by atoms with Crippen LogP contribution in [0.5, 0.6) is 0 Å². The minimum Gasteiger partial charge on any atom is -0.400 e. The van der Waals surface area contributed by atoms with Crippen molar-refractivity contribution in [2.75, 3.05) is 54.9 Å². The topological polar surface area (TPSA) is 133 Å². The number of hydrogen-bond donors (Lipinski definition) is 2. The van der Waals surface area contributed by atoms with Gasteiger partial charge in [-0.2, -0.15) is 0 Å². The maximum Gasteiger partial charge on any atom is 0.256 e. The molecule has 0 aliphatic rings. The van der Waals surface area contributed by atoms with Crippen LogP contribution in [0.2, 0.25) is 0 Å². The molecule has 1 aromatic heterocycles. The van der Waals surface area contributed by atoms with Gasteiger partial charge in [-0.3, -0.25) is 19.3 Å². The second kappa shape index (κ2) is 19.7. The molecular formula is C37H45N7O4. The minimum atomic E-state index is -0.265. The van der Waals surface area contributed by atoms with E-state index in [1.807, 2.05) is 100 Å². The molecule has 0 radical (unpaired) electrons. The van der Waals surface area contributed by atoms with Crippen LogP contribution in [0.3, 0.4) is 0 Å². The van der Waals surface area contributed by atoms with Crippen molar-refractivity contribution in [2.24, 2.45) is 10.7 Å². The molecular weight excluding hydrogens is 606 g/mol. The van der Waals surface area contributed by atoms with Gasteiger partial charge in [0.15, 0.2) is 12.1 Å². The molecule has 0 aliphatic heterocycles. The predicted octanol–water partition coefficient (Wildman–Crippen LogP) is 5.55. The lowest BCUT2D eigenvalue weighted by Gasteiger charge is -2.30. The third-order valence-corrected chi connectivity index (χ3v) is 6.89.